The Morgan fingerprint density at radius 1 is 1.10 bits per heavy atom. The maximum absolute atomic E-state index is 11.5. The first-order valence-electron chi connectivity index (χ1n) is 9.32. The number of nitrogens with zero attached hydrogens (tertiary/aromatic N) is 3. The molecule has 0 aliphatic heterocycles. The van der Waals surface area contributed by atoms with Crippen molar-refractivity contribution in [2.75, 3.05) is 18.6 Å². The van der Waals surface area contributed by atoms with Crippen LogP contribution in [0.4, 0.5) is 5.95 Å². The molecule has 0 atom stereocenters. The first-order chi connectivity index (χ1) is 14.2. The fraction of sp³-hybridized carbons (Fsp3) is 0.238. The number of ether oxygens (including phenoxy) is 2. The normalized spacial score (nSPS) is 10.8. The van der Waals surface area contributed by atoms with Crippen molar-refractivity contribution in [1.29, 1.82) is 0 Å². The highest BCUT2D eigenvalue weighted by Gasteiger charge is 2.06. The maximum atomic E-state index is 11.5. The lowest BCUT2D eigenvalue weighted by atomic mass is 10.2. The maximum Gasteiger partial charge on any atom is 0.274 e. The zero-order chi connectivity index (χ0) is 20.5. The van der Waals surface area contributed by atoms with Gasteiger partial charge in [0.15, 0.2) is 11.5 Å². The third-order valence-electron chi connectivity index (χ3n) is 4.00. The van der Waals surface area contributed by atoms with Gasteiger partial charge in [-0.15, -0.1) is 10.2 Å². The Labute approximate surface area is 168 Å². The Morgan fingerprint density at radius 3 is 2.69 bits per heavy atom. The van der Waals surface area contributed by atoms with E-state index in [1.54, 1.807) is 13.1 Å². The molecule has 0 fully saturated rings. The molecule has 0 saturated carbocycles. The number of aromatic amines is 1. The highest BCUT2D eigenvalue weighted by atomic mass is 16.5. The zero-order valence-electron chi connectivity index (χ0n) is 16.4. The summed E-state index contributed by atoms with van der Waals surface area (Å²) >= 11 is 0. The first-order valence-corrected chi connectivity index (χ1v) is 9.32. The summed E-state index contributed by atoms with van der Waals surface area (Å²) in [6.07, 6.45) is 2.41. The van der Waals surface area contributed by atoms with Crippen molar-refractivity contribution in [2.24, 2.45) is 5.10 Å². The predicted molar refractivity (Wildman–Crippen MR) is 112 cm³/mol. The molecular weight excluding hydrogens is 370 g/mol. The van der Waals surface area contributed by atoms with Gasteiger partial charge in [-0.3, -0.25) is 9.78 Å². The fourth-order valence-corrected chi connectivity index (χ4v) is 2.53. The molecule has 1 heterocycles. The van der Waals surface area contributed by atoms with E-state index >= 15 is 0 Å². The summed E-state index contributed by atoms with van der Waals surface area (Å²) in [5, 5.41) is 11.6. The lowest BCUT2D eigenvalue weighted by Gasteiger charge is -2.12. The molecule has 0 aliphatic carbocycles. The molecule has 2 N–H and O–H groups in total. The highest BCUT2D eigenvalue weighted by Crippen LogP contribution is 2.28. The van der Waals surface area contributed by atoms with E-state index in [0.717, 1.165) is 12.0 Å². The number of aromatic nitrogens is 3. The number of H-pyrrole nitrogens is 1. The van der Waals surface area contributed by atoms with Gasteiger partial charge in [0.2, 0.25) is 5.95 Å². The minimum atomic E-state index is -0.312. The Morgan fingerprint density at radius 2 is 1.93 bits per heavy atom. The standard InChI is InChI=1S/C21H23N5O3/c1-3-28-19-13-17(14-22-25-21-23-20(27)15(2)24-26-21)9-10-18(19)29-12-11-16-7-5-4-6-8-16/h4-10,13-14H,3,11-12H2,1-2H3,(H2,23,25,26,27)/b22-14+. The smallest absolute Gasteiger partial charge is 0.274 e. The molecule has 0 radical (unpaired) electrons. The van der Waals surface area contributed by atoms with Crippen LogP contribution in [-0.4, -0.2) is 34.6 Å². The second-order valence-corrected chi connectivity index (χ2v) is 6.18. The van der Waals surface area contributed by atoms with Crippen molar-refractivity contribution in [2.45, 2.75) is 20.3 Å². The van der Waals surface area contributed by atoms with Gasteiger partial charge in [0.05, 0.1) is 19.4 Å². The van der Waals surface area contributed by atoms with Gasteiger partial charge in [0.25, 0.3) is 5.56 Å². The molecule has 150 valence electrons. The number of nitrogens with one attached hydrogen (secondary N) is 2. The summed E-state index contributed by atoms with van der Waals surface area (Å²) in [5.74, 6) is 1.50. The Hall–Kier alpha value is -3.68. The van der Waals surface area contributed by atoms with Gasteiger partial charge >= 0.3 is 0 Å². The molecule has 29 heavy (non-hydrogen) atoms. The topological polar surface area (TPSA) is 101 Å². The lowest BCUT2D eigenvalue weighted by Crippen LogP contribution is -2.15. The van der Waals surface area contributed by atoms with Gasteiger partial charge in [0.1, 0.15) is 5.69 Å². The number of hydrogen-bond acceptors (Lipinski definition) is 7. The van der Waals surface area contributed by atoms with Crippen LogP contribution in [-0.2, 0) is 6.42 Å². The molecule has 1 aromatic heterocycles. The van der Waals surface area contributed by atoms with E-state index in [0.29, 0.717) is 30.4 Å². The summed E-state index contributed by atoms with van der Waals surface area (Å²) in [6.45, 7) is 4.58. The van der Waals surface area contributed by atoms with Crippen LogP contribution < -0.4 is 20.5 Å². The average molecular weight is 393 g/mol. The van der Waals surface area contributed by atoms with Crippen molar-refractivity contribution >= 4 is 12.2 Å². The minimum Gasteiger partial charge on any atom is -0.490 e. The van der Waals surface area contributed by atoms with Gasteiger partial charge in [-0.2, -0.15) is 5.10 Å². The second kappa shape index (κ2) is 10.0. The summed E-state index contributed by atoms with van der Waals surface area (Å²) < 4.78 is 11.6. The second-order valence-electron chi connectivity index (χ2n) is 6.18. The van der Waals surface area contributed by atoms with E-state index in [2.05, 4.69) is 37.8 Å². The Kier molecular flexibility index (Phi) is 6.94. The molecule has 0 aliphatic rings. The Balaban J connectivity index is 1.63. The van der Waals surface area contributed by atoms with Crippen LogP contribution in [0, 0.1) is 6.92 Å². The molecule has 2 aromatic carbocycles. The van der Waals surface area contributed by atoms with Gasteiger partial charge in [-0.25, -0.2) is 5.43 Å². The minimum absolute atomic E-state index is 0.169. The summed E-state index contributed by atoms with van der Waals surface area (Å²) in [5.41, 5.74) is 4.66. The van der Waals surface area contributed by atoms with Crippen LogP contribution in [0.1, 0.15) is 23.7 Å². The monoisotopic (exact) mass is 393 g/mol. The van der Waals surface area contributed by atoms with Gasteiger partial charge < -0.3 is 9.47 Å². The number of aryl methyl sites for hydroxylation is 1. The van der Waals surface area contributed by atoms with Crippen LogP contribution in [0.3, 0.4) is 0 Å². The number of rotatable bonds is 9. The lowest BCUT2D eigenvalue weighted by molar-refractivity contribution is 0.279. The van der Waals surface area contributed by atoms with Crippen molar-refractivity contribution in [3.8, 4) is 11.5 Å². The van der Waals surface area contributed by atoms with Crippen LogP contribution in [0.15, 0.2) is 58.4 Å². The quantitative estimate of drug-likeness (QED) is 0.428. The van der Waals surface area contributed by atoms with Gasteiger partial charge in [-0.05, 0) is 43.2 Å². The van der Waals surface area contributed by atoms with Crippen LogP contribution in [0.2, 0.25) is 0 Å². The first kappa shape index (κ1) is 20.1. The molecule has 3 rings (SSSR count). The van der Waals surface area contributed by atoms with Crippen LogP contribution in [0.25, 0.3) is 0 Å². The number of benzene rings is 2. The predicted octanol–water partition coefficient (Wildman–Crippen LogP) is 2.94. The molecule has 0 unspecified atom stereocenters. The molecule has 0 bridgehead atoms. The van der Waals surface area contributed by atoms with E-state index in [4.69, 9.17) is 9.47 Å². The van der Waals surface area contributed by atoms with E-state index < -0.39 is 0 Å². The largest absolute Gasteiger partial charge is 0.490 e. The molecule has 8 nitrogen and oxygen atoms in total. The average Bonchev–Trinajstić information content (AvgIpc) is 2.73. The van der Waals surface area contributed by atoms with Crippen LogP contribution >= 0.6 is 0 Å². The van der Waals surface area contributed by atoms with Crippen molar-refractivity contribution in [3.05, 3.63) is 75.7 Å². The van der Waals surface area contributed by atoms with Crippen molar-refractivity contribution in [3.63, 3.8) is 0 Å². The van der Waals surface area contributed by atoms with E-state index in [1.165, 1.54) is 5.56 Å². The van der Waals surface area contributed by atoms with Gasteiger partial charge in [-0.1, -0.05) is 30.3 Å². The molecule has 0 spiro atoms. The summed E-state index contributed by atoms with van der Waals surface area (Å²) in [6, 6.07) is 15.7. The molecule has 8 heteroatoms. The SMILES string of the molecule is CCOc1cc(/C=N/Nc2nnc(C)c(=O)[nH]2)ccc1OCCc1ccccc1. The fourth-order valence-electron chi connectivity index (χ4n) is 2.53. The summed E-state index contributed by atoms with van der Waals surface area (Å²) in [7, 11) is 0. The van der Waals surface area contributed by atoms with E-state index in [1.807, 2.05) is 43.3 Å². The third kappa shape index (κ3) is 5.90. The van der Waals surface area contributed by atoms with Gasteiger partial charge in [0, 0.05) is 6.42 Å². The highest BCUT2D eigenvalue weighted by molar-refractivity contribution is 5.81. The third-order valence-corrected chi connectivity index (χ3v) is 4.00. The molecular formula is C21H23N5O3. The number of hydrazone groups is 1. The number of hydrogen-bond donors (Lipinski definition) is 2. The van der Waals surface area contributed by atoms with E-state index in [9.17, 15) is 4.79 Å². The van der Waals surface area contributed by atoms with Crippen molar-refractivity contribution in [1.82, 2.24) is 15.2 Å². The van der Waals surface area contributed by atoms with Crippen LogP contribution in [0.5, 0.6) is 11.5 Å². The zero-order valence-corrected chi connectivity index (χ0v) is 16.4. The van der Waals surface area contributed by atoms with E-state index in [-0.39, 0.29) is 11.5 Å². The van der Waals surface area contributed by atoms with Crippen molar-refractivity contribution < 1.29 is 9.47 Å². The molecule has 0 amide bonds. The molecule has 3 aromatic rings. The Bertz CT molecular complexity index is 1020. The summed E-state index contributed by atoms with van der Waals surface area (Å²) in [4.78, 5) is 14.1. The molecule has 0 saturated heterocycles. The number of anilines is 1.